The molecule has 2 aromatic carbocycles. The molecule has 1 aliphatic rings. The molecule has 166 valence electrons. The van der Waals surface area contributed by atoms with Crippen LogP contribution in [0, 0.1) is 0 Å². The van der Waals surface area contributed by atoms with Crippen molar-refractivity contribution in [3.05, 3.63) is 63.6 Å². The number of nitrogens with zero attached hydrogens (tertiary/aromatic N) is 2. The second-order valence-corrected chi connectivity index (χ2v) is 9.32. The average molecular weight is 460 g/mol. The van der Waals surface area contributed by atoms with Gasteiger partial charge in [-0.2, -0.15) is 0 Å². The summed E-state index contributed by atoms with van der Waals surface area (Å²) in [5.41, 5.74) is 4.19. The highest BCUT2D eigenvalue weighted by Gasteiger charge is 2.21. The van der Waals surface area contributed by atoms with Crippen LogP contribution in [0.15, 0.2) is 42.5 Å². The number of benzene rings is 2. The molecule has 0 aliphatic carbocycles. The number of rotatable bonds is 8. The second kappa shape index (κ2) is 10.5. The lowest BCUT2D eigenvalue weighted by atomic mass is 10.1. The van der Waals surface area contributed by atoms with Crippen LogP contribution in [0.4, 0.5) is 11.4 Å². The van der Waals surface area contributed by atoms with Crippen LogP contribution in [0.5, 0.6) is 0 Å². The molecule has 6 heteroatoms. The van der Waals surface area contributed by atoms with E-state index in [-0.39, 0.29) is 5.91 Å². The molecule has 1 N–H and O–H groups in total. The fourth-order valence-corrected chi connectivity index (χ4v) is 4.38. The molecule has 0 aromatic heterocycles. The number of anilines is 2. The summed E-state index contributed by atoms with van der Waals surface area (Å²) in [5, 5.41) is 3.93. The Morgan fingerprint density at radius 3 is 2.52 bits per heavy atom. The Bertz CT molecular complexity index is 948. The van der Waals surface area contributed by atoms with E-state index in [2.05, 4.69) is 54.9 Å². The Balaban J connectivity index is 1.64. The summed E-state index contributed by atoms with van der Waals surface area (Å²) in [5.74, 6) is -0.179. The Hall–Kier alpha value is -2.01. The SMILES string of the molecule is CC(C)N(CCN1CCc2ccc(NC(=O)/C=C/c3ccc(Cl)c(Cl)c3)cc21)C(C)C. The third-order valence-corrected chi connectivity index (χ3v) is 6.41. The number of carbonyl (C=O) groups excluding carboxylic acids is 1. The molecule has 3 rings (SSSR count). The Morgan fingerprint density at radius 2 is 1.84 bits per heavy atom. The van der Waals surface area contributed by atoms with E-state index in [1.165, 1.54) is 17.3 Å². The molecule has 31 heavy (non-hydrogen) atoms. The van der Waals surface area contributed by atoms with Crippen LogP contribution in [-0.2, 0) is 11.2 Å². The van der Waals surface area contributed by atoms with Crippen LogP contribution in [0.2, 0.25) is 10.0 Å². The lowest BCUT2D eigenvalue weighted by Gasteiger charge is -2.32. The van der Waals surface area contributed by atoms with E-state index in [4.69, 9.17) is 23.2 Å². The summed E-state index contributed by atoms with van der Waals surface area (Å²) < 4.78 is 0. The molecule has 0 bridgehead atoms. The highest BCUT2D eigenvalue weighted by molar-refractivity contribution is 6.42. The Morgan fingerprint density at radius 1 is 1.10 bits per heavy atom. The van der Waals surface area contributed by atoms with Crippen molar-refractivity contribution in [1.29, 1.82) is 0 Å². The summed E-state index contributed by atoms with van der Waals surface area (Å²) in [6.07, 6.45) is 4.28. The zero-order valence-corrected chi connectivity index (χ0v) is 20.2. The van der Waals surface area contributed by atoms with Gasteiger partial charge in [-0.1, -0.05) is 35.3 Å². The van der Waals surface area contributed by atoms with E-state index >= 15 is 0 Å². The van der Waals surface area contributed by atoms with Gasteiger partial charge in [-0.05, 0) is 75.6 Å². The first-order chi connectivity index (χ1) is 14.7. The van der Waals surface area contributed by atoms with Crippen LogP contribution >= 0.6 is 23.2 Å². The number of hydrogen-bond acceptors (Lipinski definition) is 3. The fraction of sp³-hybridized carbons (Fsp3) is 0.400. The Kier molecular flexibility index (Phi) is 8.04. The lowest BCUT2D eigenvalue weighted by Crippen LogP contribution is -2.42. The van der Waals surface area contributed by atoms with Gasteiger partial charge in [0.2, 0.25) is 5.91 Å². The van der Waals surface area contributed by atoms with Crippen molar-refractivity contribution in [1.82, 2.24) is 4.90 Å². The molecule has 1 amide bonds. The first-order valence-electron chi connectivity index (χ1n) is 10.8. The first kappa shape index (κ1) is 23.6. The van der Waals surface area contributed by atoms with Crippen molar-refractivity contribution in [2.45, 2.75) is 46.2 Å². The van der Waals surface area contributed by atoms with Gasteiger partial charge in [0.25, 0.3) is 0 Å². The quantitative estimate of drug-likeness (QED) is 0.482. The zero-order chi connectivity index (χ0) is 22.5. The Labute approximate surface area is 195 Å². The van der Waals surface area contributed by atoms with Crippen molar-refractivity contribution in [3.8, 4) is 0 Å². The van der Waals surface area contributed by atoms with Crippen molar-refractivity contribution in [3.63, 3.8) is 0 Å². The molecule has 0 atom stereocenters. The number of halogens is 2. The maximum Gasteiger partial charge on any atom is 0.248 e. The third-order valence-electron chi connectivity index (χ3n) is 5.67. The monoisotopic (exact) mass is 459 g/mol. The molecule has 0 radical (unpaired) electrons. The van der Waals surface area contributed by atoms with Crippen molar-refractivity contribution >= 4 is 46.6 Å². The minimum atomic E-state index is -0.179. The smallest absolute Gasteiger partial charge is 0.248 e. The molecule has 0 saturated carbocycles. The van der Waals surface area contributed by atoms with Crippen LogP contribution in [0.1, 0.15) is 38.8 Å². The minimum absolute atomic E-state index is 0.179. The second-order valence-electron chi connectivity index (χ2n) is 8.50. The maximum atomic E-state index is 12.4. The van der Waals surface area contributed by atoms with Crippen LogP contribution in [0.25, 0.3) is 6.08 Å². The molecule has 1 aliphatic heterocycles. The topological polar surface area (TPSA) is 35.6 Å². The molecule has 0 saturated heterocycles. The van der Waals surface area contributed by atoms with Gasteiger partial charge >= 0.3 is 0 Å². The fourth-order valence-electron chi connectivity index (χ4n) is 4.08. The predicted octanol–water partition coefficient (Wildman–Crippen LogP) is 6.13. The van der Waals surface area contributed by atoms with Crippen molar-refractivity contribution in [2.24, 2.45) is 0 Å². The number of nitrogens with one attached hydrogen (secondary N) is 1. The molecule has 2 aromatic rings. The molecule has 0 unspecified atom stereocenters. The summed E-state index contributed by atoms with van der Waals surface area (Å²) in [6.45, 7) is 12.0. The van der Waals surface area contributed by atoms with E-state index in [0.29, 0.717) is 22.1 Å². The van der Waals surface area contributed by atoms with Gasteiger partial charge in [0, 0.05) is 49.2 Å². The number of carbonyl (C=O) groups is 1. The molecule has 1 heterocycles. The number of amides is 1. The highest BCUT2D eigenvalue weighted by atomic mass is 35.5. The average Bonchev–Trinajstić information content (AvgIpc) is 3.11. The molecular weight excluding hydrogens is 429 g/mol. The largest absolute Gasteiger partial charge is 0.370 e. The van der Waals surface area contributed by atoms with Crippen molar-refractivity contribution < 1.29 is 4.79 Å². The highest BCUT2D eigenvalue weighted by Crippen LogP contribution is 2.31. The van der Waals surface area contributed by atoms with Crippen LogP contribution in [0.3, 0.4) is 0 Å². The zero-order valence-electron chi connectivity index (χ0n) is 18.7. The maximum absolute atomic E-state index is 12.4. The van der Waals surface area contributed by atoms with E-state index in [9.17, 15) is 4.79 Å². The molecule has 0 fully saturated rings. The molecule has 0 spiro atoms. The van der Waals surface area contributed by atoms with Gasteiger partial charge in [0.15, 0.2) is 0 Å². The van der Waals surface area contributed by atoms with Crippen LogP contribution < -0.4 is 10.2 Å². The van der Waals surface area contributed by atoms with E-state index in [0.717, 1.165) is 37.3 Å². The van der Waals surface area contributed by atoms with E-state index in [1.54, 1.807) is 18.2 Å². The molecular formula is C25H31Cl2N3O. The van der Waals surface area contributed by atoms with Gasteiger partial charge < -0.3 is 10.2 Å². The normalized spacial score (nSPS) is 13.6. The van der Waals surface area contributed by atoms with Gasteiger partial charge in [0.05, 0.1) is 10.0 Å². The van der Waals surface area contributed by atoms with Gasteiger partial charge in [-0.15, -0.1) is 0 Å². The van der Waals surface area contributed by atoms with Crippen molar-refractivity contribution in [2.75, 3.05) is 29.9 Å². The van der Waals surface area contributed by atoms with Gasteiger partial charge in [-0.25, -0.2) is 0 Å². The predicted molar refractivity (Wildman–Crippen MR) is 133 cm³/mol. The van der Waals surface area contributed by atoms with E-state index < -0.39 is 0 Å². The number of fused-ring (bicyclic) bond motifs is 1. The summed E-state index contributed by atoms with van der Waals surface area (Å²) >= 11 is 12.0. The van der Waals surface area contributed by atoms with Gasteiger partial charge in [0.1, 0.15) is 0 Å². The van der Waals surface area contributed by atoms with E-state index in [1.807, 2.05) is 12.1 Å². The minimum Gasteiger partial charge on any atom is -0.370 e. The lowest BCUT2D eigenvalue weighted by molar-refractivity contribution is -0.111. The first-order valence-corrected chi connectivity index (χ1v) is 11.6. The van der Waals surface area contributed by atoms with Crippen LogP contribution in [-0.4, -0.2) is 42.5 Å². The van der Waals surface area contributed by atoms with Gasteiger partial charge in [-0.3, -0.25) is 9.69 Å². The standard InChI is InChI=1S/C25H31Cl2N3O/c1-17(2)30(18(3)4)14-13-29-12-11-20-7-8-21(16-24(20)29)28-25(31)10-6-19-5-9-22(26)23(27)15-19/h5-10,15-18H,11-14H2,1-4H3,(H,28,31)/b10-6+. The third kappa shape index (κ3) is 6.25. The summed E-state index contributed by atoms with van der Waals surface area (Å²) in [6, 6.07) is 12.5. The molecule has 4 nitrogen and oxygen atoms in total. The summed E-state index contributed by atoms with van der Waals surface area (Å²) in [4.78, 5) is 17.3. The summed E-state index contributed by atoms with van der Waals surface area (Å²) in [7, 11) is 0. The number of hydrogen-bond donors (Lipinski definition) is 1.